The van der Waals surface area contributed by atoms with Crippen LogP contribution < -0.4 is 0 Å². The summed E-state index contributed by atoms with van der Waals surface area (Å²) >= 11 is 0. The molecule has 0 aliphatic rings. The first-order valence-corrected chi connectivity index (χ1v) is 4.55. The Morgan fingerprint density at radius 2 is 2.07 bits per heavy atom. The van der Waals surface area contributed by atoms with Gasteiger partial charge in [-0.3, -0.25) is 4.99 Å². The molecule has 14 heavy (non-hydrogen) atoms. The molecule has 0 fully saturated rings. The molecule has 0 bridgehead atoms. The second-order valence-electron chi connectivity index (χ2n) is 3.54. The van der Waals surface area contributed by atoms with Gasteiger partial charge in [-0.05, 0) is 30.3 Å². The average Bonchev–Trinajstić information content (AvgIpc) is 2.16. The first kappa shape index (κ1) is 10.5. The van der Waals surface area contributed by atoms with Crippen molar-refractivity contribution in [2.24, 2.45) is 10.9 Å². The SMILES string of the molecule is C=Nc1cc(O)ccc1C(=C)C(C)C. The molecule has 2 heteroatoms. The van der Waals surface area contributed by atoms with Crippen molar-refractivity contribution in [3.05, 3.63) is 30.3 Å². The van der Waals surface area contributed by atoms with E-state index in [-0.39, 0.29) is 5.75 Å². The molecule has 0 heterocycles. The van der Waals surface area contributed by atoms with Gasteiger partial charge in [0, 0.05) is 11.6 Å². The molecule has 1 aromatic carbocycles. The van der Waals surface area contributed by atoms with Crippen molar-refractivity contribution in [3.63, 3.8) is 0 Å². The van der Waals surface area contributed by atoms with E-state index in [1.165, 1.54) is 0 Å². The Bertz CT molecular complexity index is 367. The van der Waals surface area contributed by atoms with Crippen molar-refractivity contribution < 1.29 is 5.11 Å². The molecule has 74 valence electrons. The molecule has 0 aliphatic carbocycles. The molecular formula is C12H15NO. The second kappa shape index (κ2) is 4.09. The van der Waals surface area contributed by atoms with E-state index >= 15 is 0 Å². The number of hydrogen-bond donors (Lipinski definition) is 1. The van der Waals surface area contributed by atoms with Gasteiger partial charge in [0.05, 0.1) is 5.69 Å². The van der Waals surface area contributed by atoms with E-state index in [0.717, 1.165) is 11.1 Å². The van der Waals surface area contributed by atoms with Gasteiger partial charge in [-0.15, -0.1) is 0 Å². The number of aromatic hydroxyl groups is 1. The summed E-state index contributed by atoms with van der Waals surface area (Å²) in [7, 11) is 0. The van der Waals surface area contributed by atoms with Crippen LogP contribution in [0.3, 0.4) is 0 Å². The largest absolute Gasteiger partial charge is 0.508 e. The van der Waals surface area contributed by atoms with Crippen LogP contribution in [0.1, 0.15) is 19.4 Å². The summed E-state index contributed by atoms with van der Waals surface area (Å²) in [6.07, 6.45) is 0. The zero-order valence-electron chi connectivity index (χ0n) is 8.62. The summed E-state index contributed by atoms with van der Waals surface area (Å²) < 4.78 is 0. The summed E-state index contributed by atoms with van der Waals surface area (Å²) in [5.41, 5.74) is 2.64. The first-order chi connectivity index (χ1) is 6.56. The Morgan fingerprint density at radius 3 is 2.57 bits per heavy atom. The van der Waals surface area contributed by atoms with Gasteiger partial charge in [0.2, 0.25) is 0 Å². The van der Waals surface area contributed by atoms with Crippen molar-refractivity contribution in [2.75, 3.05) is 0 Å². The molecule has 0 unspecified atom stereocenters. The molecule has 2 nitrogen and oxygen atoms in total. The summed E-state index contributed by atoms with van der Waals surface area (Å²) in [6, 6.07) is 5.05. The van der Waals surface area contributed by atoms with E-state index in [1.807, 2.05) is 6.07 Å². The zero-order chi connectivity index (χ0) is 10.7. The van der Waals surface area contributed by atoms with Crippen LogP contribution in [0.4, 0.5) is 5.69 Å². The number of nitrogens with zero attached hydrogens (tertiary/aromatic N) is 1. The van der Waals surface area contributed by atoms with Gasteiger partial charge in [-0.2, -0.15) is 0 Å². The molecule has 0 saturated carbocycles. The van der Waals surface area contributed by atoms with Gasteiger partial charge in [-0.25, -0.2) is 0 Å². The van der Waals surface area contributed by atoms with Crippen LogP contribution in [-0.2, 0) is 0 Å². The molecule has 0 atom stereocenters. The lowest BCUT2D eigenvalue weighted by molar-refractivity contribution is 0.475. The minimum atomic E-state index is 0.202. The summed E-state index contributed by atoms with van der Waals surface area (Å²) in [5.74, 6) is 0.563. The number of phenolic OH excluding ortho intramolecular Hbond substituents is 1. The number of phenols is 1. The standard InChI is InChI=1S/C12H15NO/c1-8(2)9(3)11-6-5-10(14)7-12(11)13-4/h5-8,14H,3-4H2,1-2H3. The molecule has 0 radical (unpaired) electrons. The fourth-order valence-electron chi connectivity index (χ4n) is 1.23. The van der Waals surface area contributed by atoms with Crippen molar-refractivity contribution in [1.29, 1.82) is 0 Å². The summed E-state index contributed by atoms with van der Waals surface area (Å²) in [5, 5.41) is 9.27. The van der Waals surface area contributed by atoms with Crippen molar-refractivity contribution >= 4 is 18.0 Å². The monoisotopic (exact) mass is 189 g/mol. The van der Waals surface area contributed by atoms with Crippen LogP contribution >= 0.6 is 0 Å². The minimum Gasteiger partial charge on any atom is -0.508 e. The Morgan fingerprint density at radius 1 is 1.43 bits per heavy atom. The molecule has 1 rings (SSSR count). The van der Waals surface area contributed by atoms with Gasteiger partial charge >= 0.3 is 0 Å². The highest BCUT2D eigenvalue weighted by atomic mass is 16.3. The smallest absolute Gasteiger partial charge is 0.117 e. The summed E-state index contributed by atoms with van der Waals surface area (Å²) in [6.45, 7) is 11.6. The maximum atomic E-state index is 9.27. The lowest BCUT2D eigenvalue weighted by atomic mass is 9.95. The average molecular weight is 189 g/mol. The predicted octanol–water partition coefficient (Wildman–Crippen LogP) is 3.39. The van der Waals surface area contributed by atoms with Gasteiger partial charge in [0.1, 0.15) is 5.75 Å². The van der Waals surface area contributed by atoms with E-state index < -0.39 is 0 Å². The zero-order valence-corrected chi connectivity index (χ0v) is 8.62. The third-order valence-corrected chi connectivity index (χ3v) is 2.19. The molecule has 0 saturated heterocycles. The van der Waals surface area contributed by atoms with E-state index in [9.17, 15) is 5.11 Å². The van der Waals surface area contributed by atoms with E-state index in [2.05, 4.69) is 32.1 Å². The fraction of sp³-hybridized carbons (Fsp3) is 0.250. The number of benzene rings is 1. The molecule has 1 aromatic rings. The lowest BCUT2D eigenvalue weighted by Crippen LogP contribution is -1.92. The molecule has 1 N–H and O–H groups in total. The highest BCUT2D eigenvalue weighted by molar-refractivity contribution is 5.76. The minimum absolute atomic E-state index is 0.202. The maximum Gasteiger partial charge on any atom is 0.117 e. The number of rotatable bonds is 3. The normalized spacial score (nSPS) is 10.2. The molecule has 0 spiro atoms. The van der Waals surface area contributed by atoms with Crippen LogP contribution in [-0.4, -0.2) is 11.8 Å². The van der Waals surface area contributed by atoms with Crippen molar-refractivity contribution in [3.8, 4) is 5.75 Å². The first-order valence-electron chi connectivity index (χ1n) is 4.55. The Labute approximate surface area is 84.6 Å². The second-order valence-corrected chi connectivity index (χ2v) is 3.54. The maximum absolute atomic E-state index is 9.27. The van der Waals surface area contributed by atoms with Crippen LogP contribution in [0.25, 0.3) is 5.57 Å². The van der Waals surface area contributed by atoms with E-state index in [4.69, 9.17) is 0 Å². The van der Waals surface area contributed by atoms with Gasteiger partial charge < -0.3 is 5.11 Å². The van der Waals surface area contributed by atoms with Gasteiger partial charge in [0.15, 0.2) is 0 Å². The van der Waals surface area contributed by atoms with Crippen LogP contribution in [0, 0.1) is 5.92 Å². The summed E-state index contributed by atoms with van der Waals surface area (Å²) in [4.78, 5) is 3.86. The Kier molecular flexibility index (Phi) is 3.07. The van der Waals surface area contributed by atoms with Crippen LogP contribution in [0.15, 0.2) is 29.8 Å². The van der Waals surface area contributed by atoms with Crippen LogP contribution in [0.5, 0.6) is 5.75 Å². The third-order valence-electron chi connectivity index (χ3n) is 2.19. The number of aliphatic imine (C=N–C) groups is 1. The highest BCUT2D eigenvalue weighted by Gasteiger charge is 2.08. The molecule has 0 aliphatic heterocycles. The van der Waals surface area contributed by atoms with Gasteiger partial charge in [0.25, 0.3) is 0 Å². The lowest BCUT2D eigenvalue weighted by Gasteiger charge is -2.12. The van der Waals surface area contributed by atoms with Crippen molar-refractivity contribution in [2.45, 2.75) is 13.8 Å². The molecular weight excluding hydrogens is 174 g/mol. The Balaban J connectivity index is 3.20. The highest BCUT2D eigenvalue weighted by Crippen LogP contribution is 2.32. The number of allylic oxidation sites excluding steroid dienone is 1. The predicted molar refractivity (Wildman–Crippen MR) is 61.2 cm³/mol. The van der Waals surface area contributed by atoms with Gasteiger partial charge in [-0.1, -0.05) is 20.4 Å². The Hall–Kier alpha value is -1.57. The molecule has 0 aromatic heterocycles. The van der Waals surface area contributed by atoms with E-state index in [1.54, 1.807) is 12.1 Å². The topological polar surface area (TPSA) is 32.6 Å². The fourth-order valence-corrected chi connectivity index (χ4v) is 1.23. The van der Waals surface area contributed by atoms with Crippen LogP contribution in [0.2, 0.25) is 0 Å². The van der Waals surface area contributed by atoms with Crippen molar-refractivity contribution in [1.82, 2.24) is 0 Å². The number of hydrogen-bond acceptors (Lipinski definition) is 2. The van der Waals surface area contributed by atoms with E-state index in [0.29, 0.717) is 11.6 Å². The third kappa shape index (κ3) is 2.02. The molecule has 0 amide bonds. The quantitative estimate of drug-likeness (QED) is 0.726.